The lowest BCUT2D eigenvalue weighted by Crippen LogP contribution is -2.17. The second-order valence-electron chi connectivity index (χ2n) is 10.6. The number of carbonyl (C=O) groups excluding carboxylic acids is 1. The van der Waals surface area contributed by atoms with Gasteiger partial charge in [-0.3, -0.25) is 9.36 Å². The Balaban J connectivity index is 1.72. The molecule has 4 aromatic carbocycles. The number of ketones is 1. The van der Waals surface area contributed by atoms with Gasteiger partial charge in [0, 0.05) is 24.8 Å². The van der Waals surface area contributed by atoms with Crippen molar-refractivity contribution < 1.29 is 9.53 Å². The molecule has 5 heteroatoms. The standard InChI is InChI=1S/C36H33N3O2/c1-24-10-15-27(16-11-24)30-23-33(28-8-6-5-7-9-28)39(34(30)35(40)29-17-12-25(2)13-18-29)36-37-31-22-26(3)14-19-32(31)38(36)20-21-41-4/h5-19,22-23H,20-21H2,1-4H3. The van der Waals surface area contributed by atoms with E-state index in [1.54, 1.807) is 7.11 Å². The molecule has 41 heavy (non-hydrogen) atoms. The summed E-state index contributed by atoms with van der Waals surface area (Å²) in [4.78, 5) is 19.7. The summed E-state index contributed by atoms with van der Waals surface area (Å²) in [7, 11) is 1.70. The number of rotatable bonds is 8. The molecule has 6 aromatic rings. The Morgan fingerprint density at radius 3 is 2.10 bits per heavy atom. The third kappa shape index (κ3) is 5.01. The van der Waals surface area contributed by atoms with Crippen LogP contribution in [-0.2, 0) is 11.3 Å². The first kappa shape index (κ1) is 26.5. The van der Waals surface area contributed by atoms with Crippen LogP contribution in [0.5, 0.6) is 0 Å². The molecular weight excluding hydrogens is 506 g/mol. The number of fused-ring (bicyclic) bond motifs is 1. The molecule has 0 N–H and O–H groups in total. The summed E-state index contributed by atoms with van der Waals surface area (Å²) >= 11 is 0. The van der Waals surface area contributed by atoms with E-state index in [4.69, 9.17) is 9.72 Å². The molecule has 0 fully saturated rings. The number of imidazole rings is 1. The molecule has 2 heterocycles. The van der Waals surface area contributed by atoms with Gasteiger partial charge in [-0.05, 0) is 55.7 Å². The van der Waals surface area contributed by atoms with E-state index in [0.29, 0.717) is 30.4 Å². The monoisotopic (exact) mass is 539 g/mol. The van der Waals surface area contributed by atoms with Crippen LogP contribution in [-0.4, -0.2) is 33.6 Å². The normalized spacial score (nSPS) is 11.3. The highest BCUT2D eigenvalue weighted by Gasteiger charge is 2.28. The van der Waals surface area contributed by atoms with Gasteiger partial charge in [0.2, 0.25) is 11.7 Å². The van der Waals surface area contributed by atoms with E-state index in [1.807, 2.05) is 49.4 Å². The third-order valence-electron chi connectivity index (χ3n) is 7.56. The zero-order chi connectivity index (χ0) is 28.5. The maximum atomic E-state index is 14.6. The fourth-order valence-corrected chi connectivity index (χ4v) is 5.36. The molecule has 0 saturated carbocycles. The number of hydrogen-bond acceptors (Lipinski definition) is 3. The summed E-state index contributed by atoms with van der Waals surface area (Å²) in [5.41, 5.74) is 10.3. The van der Waals surface area contributed by atoms with Gasteiger partial charge in [-0.25, -0.2) is 4.98 Å². The average Bonchev–Trinajstić information content (AvgIpc) is 3.55. The second kappa shape index (κ2) is 11.0. The summed E-state index contributed by atoms with van der Waals surface area (Å²) in [5, 5.41) is 0. The topological polar surface area (TPSA) is 49.0 Å². The van der Waals surface area contributed by atoms with Crippen molar-refractivity contribution in [2.75, 3.05) is 13.7 Å². The van der Waals surface area contributed by atoms with E-state index < -0.39 is 0 Å². The highest BCUT2D eigenvalue weighted by atomic mass is 16.5. The highest BCUT2D eigenvalue weighted by Crippen LogP contribution is 2.37. The molecule has 5 nitrogen and oxygen atoms in total. The van der Waals surface area contributed by atoms with Crippen molar-refractivity contribution in [2.45, 2.75) is 27.3 Å². The lowest BCUT2D eigenvalue weighted by molar-refractivity contribution is 0.103. The highest BCUT2D eigenvalue weighted by molar-refractivity contribution is 6.13. The fourth-order valence-electron chi connectivity index (χ4n) is 5.36. The molecule has 6 rings (SSSR count). The molecule has 0 unspecified atom stereocenters. The van der Waals surface area contributed by atoms with Crippen LogP contribution in [0.4, 0.5) is 0 Å². The van der Waals surface area contributed by atoms with Crippen molar-refractivity contribution in [3.8, 4) is 28.3 Å². The molecule has 0 spiro atoms. The van der Waals surface area contributed by atoms with Crippen molar-refractivity contribution >= 4 is 16.8 Å². The summed E-state index contributed by atoms with van der Waals surface area (Å²) < 4.78 is 9.73. The Kier molecular flexibility index (Phi) is 7.12. The number of benzene rings is 4. The van der Waals surface area contributed by atoms with Gasteiger partial charge in [0.15, 0.2) is 0 Å². The first-order valence-electron chi connectivity index (χ1n) is 13.9. The summed E-state index contributed by atoms with van der Waals surface area (Å²) in [6.45, 7) is 7.28. The van der Waals surface area contributed by atoms with Crippen molar-refractivity contribution in [3.63, 3.8) is 0 Å². The van der Waals surface area contributed by atoms with Gasteiger partial charge in [0.25, 0.3) is 0 Å². The number of methoxy groups -OCH3 is 1. The number of carbonyl (C=O) groups is 1. The van der Waals surface area contributed by atoms with Crippen LogP contribution in [0.1, 0.15) is 32.7 Å². The minimum absolute atomic E-state index is 0.0516. The van der Waals surface area contributed by atoms with Gasteiger partial charge < -0.3 is 9.30 Å². The molecule has 0 aliphatic heterocycles. The van der Waals surface area contributed by atoms with Crippen molar-refractivity contribution in [2.24, 2.45) is 0 Å². The summed E-state index contributed by atoms with van der Waals surface area (Å²) in [6, 6.07) is 34.8. The number of aromatic nitrogens is 3. The van der Waals surface area contributed by atoms with E-state index in [1.165, 1.54) is 5.56 Å². The van der Waals surface area contributed by atoms with Gasteiger partial charge in [0.1, 0.15) is 5.69 Å². The van der Waals surface area contributed by atoms with Crippen LogP contribution in [0, 0.1) is 20.8 Å². The molecule has 0 amide bonds. The minimum atomic E-state index is -0.0516. The molecular formula is C36H33N3O2. The maximum absolute atomic E-state index is 14.6. The van der Waals surface area contributed by atoms with Gasteiger partial charge >= 0.3 is 0 Å². The van der Waals surface area contributed by atoms with Crippen LogP contribution >= 0.6 is 0 Å². The van der Waals surface area contributed by atoms with Crippen molar-refractivity contribution in [1.29, 1.82) is 0 Å². The molecule has 204 valence electrons. The molecule has 0 aliphatic rings. The van der Waals surface area contributed by atoms with Gasteiger partial charge in [0.05, 0.1) is 23.3 Å². The number of hydrogen-bond donors (Lipinski definition) is 0. The largest absolute Gasteiger partial charge is 0.383 e. The first-order valence-corrected chi connectivity index (χ1v) is 13.9. The summed E-state index contributed by atoms with van der Waals surface area (Å²) in [6.07, 6.45) is 0. The zero-order valence-corrected chi connectivity index (χ0v) is 23.9. The average molecular weight is 540 g/mol. The minimum Gasteiger partial charge on any atom is -0.383 e. The number of ether oxygens (including phenoxy) is 1. The van der Waals surface area contributed by atoms with E-state index in [2.05, 4.69) is 83.6 Å². The predicted molar refractivity (Wildman–Crippen MR) is 166 cm³/mol. The van der Waals surface area contributed by atoms with E-state index in [9.17, 15) is 4.79 Å². The SMILES string of the molecule is COCCn1c(-n2c(-c3ccccc3)cc(-c3ccc(C)cc3)c2C(=O)c2ccc(C)cc2)nc2cc(C)ccc21. The van der Waals surface area contributed by atoms with E-state index in [0.717, 1.165) is 44.5 Å². The van der Waals surface area contributed by atoms with Crippen molar-refractivity contribution in [3.05, 3.63) is 131 Å². The Labute approximate surface area is 240 Å². The van der Waals surface area contributed by atoms with Gasteiger partial charge in [-0.2, -0.15) is 0 Å². The van der Waals surface area contributed by atoms with Crippen LogP contribution in [0.25, 0.3) is 39.4 Å². The molecule has 2 aromatic heterocycles. The van der Waals surface area contributed by atoms with E-state index in [-0.39, 0.29) is 5.78 Å². The fraction of sp³-hybridized carbons (Fsp3) is 0.167. The van der Waals surface area contributed by atoms with Crippen LogP contribution in [0.3, 0.4) is 0 Å². The number of nitrogens with zero attached hydrogens (tertiary/aromatic N) is 3. The Hall–Kier alpha value is -4.74. The zero-order valence-electron chi connectivity index (χ0n) is 23.9. The number of aryl methyl sites for hydroxylation is 3. The lowest BCUT2D eigenvalue weighted by atomic mass is 9.98. The quantitative estimate of drug-likeness (QED) is 0.184. The van der Waals surface area contributed by atoms with Crippen LogP contribution in [0.2, 0.25) is 0 Å². The maximum Gasteiger partial charge on any atom is 0.216 e. The molecule has 0 saturated heterocycles. The Morgan fingerprint density at radius 1 is 0.756 bits per heavy atom. The molecule has 0 atom stereocenters. The second-order valence-corrected chi connectivity index (χ2v) is 10.6. The molecule has 0 radical (unpaired) electrons. The predicted octanol–water partition coefficient (Wildman–Crippen LogP) is 7.96. The van der Waals surface area contributed by atoms with Gasteiger partial charge in [-0.15, -0.1) is 0 Å². The summed E-state index contributed by atoms with van der Waals surface area (Å²) in [5.74, 6) is 0.639. The molecule has 0 aliphatic carbocycles. The first-order chi connectivity index (χ1) is 19.9. The van der Waals surface area contributed by atoms with E-state index >= 15 is 0 Å². The van der Waals surface area contributed by atoms with Crippen molar-refractivity contribution in [1.82, 2.24) is 14.1 Å². The Bertz CT molecular complexity index is 1840. The third-order valence-corrected chi connectivity index (χ3v) is 7.56. The van der Waals surface area contributed by atoms with Crippen LogP contribution < -0.4 is 0 Å². The lowest BCUT2D eigenvalue weighted by Gasteiger charge is -2.16. The Morgan fingerprint density at radius 2 is 1.41 bits per heavy atom. The van der Waals surface area contributed by atoms with Crippen LogP contribution in [0.15, 0.2) is 103 Å². The smallest absolute Gasteiger partial charge is 0.216 e. The molecule has 0 bridgehead atoms. The van der Waals surface area contributed by atoms with Gasteiger partial charge in [-0.1, -0.05) is 96.1 Å².